The quantitative estimate of drug-likeness (QED) is 0.353. The first kappa shape index (κ1) is 16.5. The number of aromatic hydroxyl groups is 1. The van der Waals surface area contributed by atoms with Gasteiger partial charge in [-0.15, -0.1) is 0 Å². The van der Waals surface area contributed by atoms with Crippen molar-refractivity contribution in [2.45, 2.75) is 19.9 Å². The number of phenolic OH excluding ortho intramolecular Hbond substituents is 1. The van der Waals surface area contributed by atoms with Crippen molar-refractivity contribution in [3.8, 4) is 5.75 Å². The van der Waals surface area contributed by atoms with Gasteiger partial charge in [-0.3, -0.25) is 9.69 Å². The van der Waals surface area contributed by atoms with Crippen molar-refractivity contribution in [1.29, 1.82) is 0 Å². The van der Waals surface area contributed by atoms with E-state index in [1.54, 1.807) is 4.90 Å². The molecule has 2 rings (SSSR count). The van der Waals surface area contributed by atoms with Crippen molar-refractivity contribution in [3.63, 3.8) is 0 Å². The highest BCUT2D eigenvalue weighted by atomic mass is 127. The van der Waals surface area contributed by atoms with Crippen LogP contribution in [0.3, 0.4) is 0 Å². The first-order chi connectivity index (χ1) is 9.31. The van der Waals surface area contributed by atoms with Gasteiger partial charge in [-0.1, -0.05) is 24.0 Å². The van der Waals surface area contributed by atoms with E-state index in [1.165, 1.54) is 11.8 Å². The van der Waals surface area contributed by atoms with E-state index in [1.807, 2.05) is 32.1 Å². The van der Waals surface area contributed by atoms with Crippen molar-refractivity contribution < 1.29 is 9.90 Å². The Morgan fingerprint density at radius 2 is 1.90 bits per heavy atom. The summed E-state index contributed by atoms with van der Waals surface area (Å²) in [7, 11) is 0. The van der Waals surface area contributed by atoms with E-state index in [0.717, 1.165) is 12.7 Å². The number of nitrogens with zero attached hydrogens (tertiary/aromatic N) is 1. The van der Waals surface area contributed by atoms with Crippen LogP contribution in [-0.4, -0.2) is 26.3 Å². The second-order valence-electron chi connectivity index (χ2n) is 4.48. The summed E-state index contributed by atoms with van der Waals surface area (Å²) in [5.41, 5.74) is 0.890. The average Bonchev–Trinajstić information content (AvgIpc) is 2.61. The molecule has 0 spiro atoms. The second-order valence-corrected chi connectivity index (χ2v) is 8.48. The Morgan fingerprint density at radius 3 is 2.35 bits per heavy atom. The summed E-state index contributed by atoms with van der Waals surface area (Å²) in [6, 6.07) is 3.76. The molecule has 7 heteroatoms. The minimum Gasteiger partial charge on any atom is -0.506 e. The van der Waals surface area contributed by atoms with Gasteiger partial charge < -0.3 is 5.11 Å². The van der Waals surface area contributed by atoms with Crippen LogP contribution in [-0.2, 0) is 4.79 Å². The van der Waals surface area contributed by atoms with Gasteiger partial charge in [0.15, 0.2) is 0 Å². The number of thiocarbonyl (C=S) groups is 1. The minimum atomic E-state index is -0.0481. The molecular formula is C13H11I2NO2S2. The van der Waals surface area contributed by atoms with Gasteiger partial charge in [0.2, 0.25) is 0 Å². The van der Waals surface area contributed by atoms with E-state index in [-0.39, 0.29) is 17.7 Å². The largest absolute Gasteiger partial charge is 0.506 e. The molecule has 1 fully saturated rings. The molecule has 0 saturated carbocycles. The van der Waals surface area contributed by atoms with Crippen LogP contribution in [0.5, 0.6) is 5.75 Å². The summed E-state index contributed by atoms with van der Waals surface area (Å²) >= 11 is 10.7. The molecule has 3 nitrogen and oxygen atoms in total. The first-order valence-corrected chi connectivity index (χ1v) is 9.14. The van der Waals surface area contributed by atoms with Crippen molar-refractivity contribution in [2.75, 3.05) is 0 Å². The van der Waals surface area contributed by atoms with Crippen molar-refractivity contribution in [3.05, 3.63) is 29.7 Å². The number of halogens is 2. The Morgan fingerprint density at radius 1 is 1.35 bits per heavy atom. The normalized spacial score (nSPS) is 17.6. The Labute approximate surface area is 154 Å². The van der Waals surface area contributed by atoms with Gasteiger partial charge in [0.05, 0.1) is 12.0 Å². The Hall–Kier alpha value is 0.130. The minimum absolute atomic E-state index is 0.0481. The maximum Gasteiger partial charge on any atom is 0.266 e. The number of rotatable bonds is 2. The molecule has 1 aromatic carbocycles. The maximum atomic E-state index is 12.3. The predicted octanol–water partition coefficient (Wildman–Crippen LogP) is 4.21. The fraction of sp³-hybridized carbons (Fsp3) is 0.231. The number of benzene rings is 1. The zero-order valence-corrected chi connectivity index (χ0v) is 16.6. The zero-order valence-electron chi connectivity index (χ0n) is 10.7. The molecular weight excluding hydrogens is 520 g/mol. The molecule has 0 aliphatic carbocycles. The van der Waals surface area contributed by atoms with Crippen molar-refractivity contribution >= 4 is 85.5 Å². The lowest BCUT2D eigenvalue weighted by Gasteiger charge is -2.18. The highest BCUT2D eigenvalue weighted by Gasteiger charge is 2.33. The van der Waals surface area contributed by atoms with Crippen LogP contribution < -0.4 is 0 Å². The summed E-state index contributed by atoms with van der Waals surface area (Å²) < 4.78 is 2.12. The van der Waals surface area contributed by atoms with E-state index < -0.39 is 0 Å². The Bertz CT molecular complexity index is 606. The zero-order chi connectivity index (χ0) is 15.0. The lowest BCUT2D eigenvalue weighted by molar-refractivity contribution is -0.123. The van der Waals surface area contributed by atoms with E-state index in [9.17, 15) is 9.90 Å². The molecule has 1 heterocycles. The molecule has 106 valence electrons. The molecule has 20 heavy (non-hydrogen) atoms. The number of carbonyl (C=O) groups excluding carboxylic acids is 1. The molecule has 1 N–H and O–H groups in total. The van der Waals surface area contributed by atoms with Crippen LogP contribution in [0.1, 0.15) is 19.4 Å². The molecule has 1 amide bonds. The maximum absolute atomic E-state index is 12.3. The predicted molar refractivity (Wildman–Crippen MR) is 104 cm³/mol. The molecule has 1 aliphatic rings. The van der Waals surface area contributed by atoms with Gasteiger partial charge in [0.25, 0.3) is 5.91 Å². The van der Waals surface area contributed by atoms with Crippen LogP contribution in [0.15, 0.2) is 17.0 Å². The second kappa shape index (κ2) is 6.49. The lowest BCUT2D eigenvalue weighted by Crippen LogP contribution is -2.34. The van der Waals surface area contributed by atoms with E-state index in [0.29, 0.717) is 9.23 Å². The standard InChI is InChI=1S/C13H11I2NO2S2/c1-6(2)16-12(18)10(20-13(16)19)5-7-3-8(14)11(17)9(15)4-7/h3-6,17H,1-2H3. The molecule has 0 aromatic heterocycles. The molecule has 0 radical (unpaired) electrons. The molecule has 0 unspecified atom stereocenters. The Kier molecular flexibility index (Phi) is 5.35. The highest BCUT2D eigenvalue weighted by molar-refractivity contribution is 14.1. The van der Waals surface area contributed by atoms with Gasteiger partial charge in [-0.2, -0.15) is 0 Å². The van der Waals surface area contributed by atoms with Gasteiger partial charge in [-0.05, 0) is 82.8 Å². The van der Waals surface area contributed by atoms with Crippen LogP contribution in [0.2, 0.25) is 0 Å². The topological polar surface area (TPSA) is 40.5 Å². The average molecular weight is 531 g/mol. The SMILES string of the molecule is CC(C)N1C(=O)C(=Cc2cc(I)c(O)c(I)c2)SC1=S. The van der Waals surface area contributed by atoms with Crippen LogP contribution in [0.25, 0.3) is 6.08 Å². The van der Waals surface area contributed by atoms with Crippen LogP contribution in [0, 0.1) is 7.14 Å². The van der Waals surface area contributed by atoms with Crippen LogP contribution in [0.4, 0.5) is 0 Å². The number of phenols is 1. The first-order valence-electron chi connectivity index (χ1n) is 5.76. The number of hydrogen-bond acceptors (Lipinski definition) is 4. The van der Waals surface area contributed by atoms with Crippen LogP contribution >= 0.6 is 69.2 Å². The number of thioether (sulfide) groups is 1. The summed E-state index contributed by atoms with van der Waals surface area (Å²) in [5.74, 6) is 0.228. The van der Waals surface area contributed by atoms with E-state index >= 15 is 0 Å². The monoisotopic (exact) mass is 531 g/mol. The summed E-state index contributed by atoms with van der Waals surface area (Å²) in [6.45, 7) is 3.89. The van der Waals surface area contributed by atoms with Crippen molar-refractivity contribution in [2.24, 2.45) is 0 Å². The fourth-order valence-corrected chi connectivity index (χ4v) is 5.09. The lowest BCUT2D eigenvalue weighted by atomic mass is 10.2. The number of hydrogen-bond donors (Lipinski definition) is 1. The molecule has 1 aromatic rings. The third-order valence-electron chi connectivity index (χ3n) is 2.68. The van der Waals surface area contributed by atoms with Crippen molar-refractivity contribution in [1.82, 2.24) is 4.90 Å². The summed E-state index contributed by atoms with van der Waals surface area (Å²) in [5, 5.41) is 9.76. The molecule has 1 saturated heterocycles. The van der Waals surface area contributed by atoms with Gasteiger partial charge in [0, 0.05) is 6.04 Å². The van der Waals surface area contributed by atoms with Gasteiger partial charge in [0.1, 0.15) is 10.1 Å². The number of carbonyl (C=O) groups is 1. The third kappa shape index (κ3) is 3.30. The van der Waals surface area contributed by atoms with Gasteiger partial charge in [-0.25, -0.2) is 0 Å². The summed E-state index contributed by atoms with van der Waals surface area (Å²) in [4.78, 5) is 14.5. The van der Waals surface area contributed by atoms with Gasteiger partial charge >= 0.3 is 0 Å². The Balaban J connectivity index is 2.38. The molecule has 0 atom stereocenters. The smallest absolute Gasteiger partial charge is 0.266 e. The third-order valence-corrected chi connectivity index (χ3v) is 5.65. The molecule has 1 aliphatic heterocycles. The summed E-state index contributed by atoms with van der Waals surface area (Å²) in [6.07, 6.45) is 1.82. The van der Waals surface area contributed by atoms with E-state index in [2.05, 4.69) is 45.2 Å². The number of amides is 1. The van der Waals surface area contributed by atoms with E-state index in [4.69, 9.17) is 12.2 Å². The molecule has 0 bridgehead atoms. The highest BCUT2D eigenvalue weighted by Crippen LogP contribution is 2.35. The fourth-order valence-electron chi connectivity index (χ4n) is 1.74.